The Bertz CT molecular complexity index is 532. The normalized spacial score (nSPS) is 10.1. The molecule has 0 aliphatic heterocycles. The monoisotopic (exact) mass is 246 g/mol. The molecule has 0 radical (unpaired) electrons. The number of halogens is 1. The van der Waals surface area contributed by atoms with E-state index in [-0.39, 0.29) is 17.9 Å². The van der Waals surface area contributed by atoms with Gasteiger partial charge in [0, 0.05) is 6.07 Å². The highest BCUT2D eigenvalue weighted by molar-refractivity contribution is 5.89. The molecule has 0 saturated carbocycles. The molecule has 0 aliphatic carbocycles. The van der Waals surface area contributed by atoms with Gasteiger partial charge in [0.2, 0.25) is 0 Å². The van der Waals surface area contributed by atoms with Crippen LogP contribution in [-0.2, 0) is 11.3 Å². The van der Waals surface area contributed by atoms with Crippen molar-refractivity contribution < 1.29 is 19.0 Å². The van der Waals surface area contributed by atoms with Crippen molar-refractivity contribution >= 4 is 5.97 Å². The summed E-state index contributed by atoms with van der Waals surface area (Å²) in [6.45, 7) is 0.108. The van der Waals surface area contributed by atoms with Crippen LogP contribution in [0.1, 0.15) is 15.9 Å². The van der Waals surface area contributed by atoms with Gasteiger partial charge in [-0.2, -0.15) is 0 Å². The number of ether oxygens (including phenoxy) is 1. The maximum atomic E-state index is 13.0. The number of phenolic OH excluding ortho intramolecular Hbond substituents is 1. The van der Waals surface area contributed by atoms with Crippen molar-refractivity contribution in [2.75, 3.05) is 0 Å². The smallest absolute Gasteiger partial charge is 0.338 e. The molecule has 0 atom stereocenters. The van der Waals surface area contributed by atoms with E-state index in [0.717, 1.165) is 23.8 Å². The third-order valence-corrected chi connectivity index (χ3v) is 2.33. The number of aromatic hydroxyl groups is 1. The molecule has 2 aromatic carbocycles. The zero-order chi connectivity index (χ0) is 13.0. The Balaban J connectivity index is 2.04. The molecule has 3 nitrogen and oxygen atoms in total. The van der Waals surface area contributed by atoms with Crippen LogP contribution in [0.3, 0.4) is 0 Å². The van der Waals surface area contributed by atoms with Crippen LogP contribution in [0.25, 0.3) is 0 Å². The number of esters is 1. The molecule has 0 bridgehead atoms. The highest BCUT2D eigenvalue weighted by Gasteiger charge is 2.10. The molecule has 2 rings (SSSR count). The van der Waals surface area contributed by atoms with Gasteiger partial charge in [0.1, 0.15) is 18.2 Å². The molecular formula is C14H11FO3. The lowest BCUT2D eigenvalue weighted by molar-refractivity contribution is 0.0471. The van der Waals surface area contributed by atoms with Crippen LogP contribution in [0.15, 0.2) is 48.5 Å². The number of carbonyl (C=O) groups excluding carboxylic acids is 1. The molecule has 0 heterocycles. The molecule has 0 unspecified atom stereocenters. The van der Waals surface area contributed by atoms with Crippen molar-refractivity contribution in [2.45, 2.75) is 6.61 Å². The first-order valence-electron chi connectivity index (χ1n) is 5.36. The van der Waals surface area contributed by atoms with Gasteiger partial charge < -0.3 is 9.84 Å². The SMILES string of the molecule is O=C(OCc1ccccc1)c1cc(O)cc(F)c1. The fraction of sp³-hybridized carbons (Fsp3) is 0.0714. The van der Waals surface area contributed by atoms with E-state index in [1.165, 1.54) is 0 Å². The number of phenols is 1. The predicted molar refractivity (Wildman–Crippen MR) is 63.6 cm³/mol. The second-order valence-electron chi connectivity index (χ2n) is 3.76. The van der Waals surface area contributed by atoms with Crippen LogP contribution >= 0.6 is 0 Å². The first-order chi connectivity index (χ1) is 8.65. The average molecular weight is 246 g/mol. The van der Waals surface area contributed by atoms with E-state index in [4.69, 9.17) is 4.74 Å². The highest BCUT2D eigenvalue weighted by atomic mass is 19.1. The minimum Gasteiger partial charge on any atom is -0.508 e. The van der Waals surface area contributed by atoms with Crippen molar-refractivity contribution in [1.82, 2.24) is 0 Å². The summed E-state index contributed by atoms with van der Waals surface area (Å²) >= 11 is 0. The summed E-state index contributed by atoms with van der Waals surface area (Å²) in [6, 6.07) is 12.3. The van der Waals surface area contributed by atoms with Gasteiger partial charge in [-0.1, -0.05) is 30.3 Å². The average Bonchev–Trinajstić information content (AvgIpc) is 2.36. The summed E-state index contributed by atoms with van der Waals surface area (Å²) < 4.78 is 18.0. The molecule has 1 N–H and O–H groups in total. The Morgan fingerprint density at radius 2 is 1.89 bits per heavy atom. The van der Waals surface area contributed by atoms with E-state index < -0.39 is 11.8 Å². The lowest BCUT2D eigenvalue weighted by Gasteiger charge is -2.05. The predicted octanol–water partition coefficient (Wildman–Crippen LogP) is 2.89. The van der Waals surface area contributed by atoms with Crippen LogP contribution in [0, 0.1) is 5.82 Å². The third kappa shape index (κ3) is 3.07. The minimum atomic E-state index is -0.679. The van der Waals surface area contributed by atoms with Crippen molar-refractivity contribution in [1.29, 1.82) is 0 Å². The Labute approximate surface area is 103 Å². The van der Waals surface area contributed by atoms with E-state index in [9.17, 15) is 14.3 Å². The topological polar surface area (TPSA) is 46.5 Å². The Morgan fingerprint density at radius 3 is 2.56 bits per heavy atom. The Kier molecular flexibility index (Phi) is 3.57. The number of hydrogen-bond acceptors (Lipinski definition) is 3. The number of carbonyl (C=O) groups is 1. The fourth-order valence-corrected chi connectivity index (χ4v) is 1.50. The molecule has 4 heteroatoms. The lowest BCUT2D eigenvalue weighted by atomic mass is 10.2. The van der Waals surface area contributed by atoms with Gasteiger partial charge in [-0.25, -0.2) is 9.18 Å². The van der Waals surface area contributed by atoms with Crippen molar-refractivity contribution in [3.63, 3.8) is 0 Å². The van der Waals surface area contributed by atoms with E-state index in [0.29, 0.717) is 0 Å². The molecule has 0 fully saturated rings. The van der Waals surface area contributed by atoms with E-state index >= 15 is 0 Å². The van der Waals surface area contributed by atoms with Gasteiger partial charge in [-0.05, 0) is 17.7 Å². The van der Waals surface area contributed by atoms with Crippen molar-refractivity contribution in [2.24, 2.45) is 0 Å². The lowest BCUT2D eigenvalue weighted by Crippen LogP contribution is -2.05. The molecule has 0 saturated heterocycles. The molecular weight excluding hydrogens is 235 g/mol. The van der Waals surface area contributed by atoms with Gasteiger partial charge in [0.25, 0.3) is 0 Å². The van der Waals surface area contributed by atoms with E-state index in [2.05, 4.69) is 0 Å². The number of rotatable bonds is 3. The van der Waals surface area contributed by atoms with Crippen molar-refractivity contribution in [3.05, 3.63) is 65.5 Å². The fourth-order valence-electron chi connectivity index (χ4n) is 1.50. The van der Waals surface area contributed by atoms with Crippen molar-refractivity contribution in [3.8, 4) is 5.75 Å². The zero-order valence-electron chi connectivity index (χ0n) is 9.47. The minimum absolute atomic E-state index is 0.0107. The Hall–Kier alpha value is -2.36. The molecule has 2 aromatic rings. The second kappa shape index (κ2) is 5.31. The first-order valence-corrected chi connectivity index (χ1v) is 5.36. The van der Waals surface area contributed by atoms with Gasteiger partial charge >= 0.3 is 5.97 Å². The summed E-state index contributed by atoms with van der Waals surface area (Å²) in [5.41, 5.74) is 0.829. The summed E-state index contributed by atoms with van der Waals surface area (Å²) in [4.78, 5) is 11.6. The summed E-state index contributed by atoms with van der Waals surface area (Å²) in [6.07, 6.45) is 0. The van der Waals surface area contributed by atoms with Gasteiger partial charge in [0.15, 0.2) is 0 Å². The first kappa shape index (κ1) is 12.1. The maximum absolute atomic E-state index is 13.0. The summed E-state index contributed by atoms with van der Waals surface area (Å²) in [5, 5.41) is 9.18. The van der Waals surface area contributed by atoms with Crippen LogP contribution in [0.2, 0.25) is 0 Å². The molecule has 92 valence electrons. The van der Waals surface area contributed by atoms with E-state index in [1.54, 1.807) is 0 Å². The molecule has 0 spiro atoms. The maximum Gasteiger partial charge on any atom is 0.338 e. The highest BCUT2D eigenvalue weighted by Crippen LogP contribution is 2.16. The van der Waals surface area contributed by atoms with Gasteiger partial charge in [-0.3, -0.25) is 0 Å². The van der Waals surface area contributed by atoms with E-state index in [1.807, 2.05) is 30.3 Å². The molecule has 0 aromatic heterocycles. The summed E-state index contributed by atoms with van der Waals surface area (Å²) in [5.74, 6) is -1.66. The largest absolute Gasteiger partial charge is 0.508 e. The molecule has 18 heavy (non-hydrogen) atoms. The number of hydrogen-bond donors (Lipinski definition) is 1. The second-order valence-corrected chi connectivity index (χ2v) is 3.76. The number of benzene rings is 2. The quantitative estimate of drug-likeness (QED) is 0.847. The zero-order valence-corrected chi connectivity index (χ0v) is 9.47. The van der Waals surface area contributed by atoms with Crippen LogP contribution in [0.5, 0.6) is 5.75 Å². The standard InChI is InChI=1S/C14H11FO3/c15-12-6-11(7-13(16)8-12)14(17)18-9-10-4-2-1-3-5-10/h1-8,16H,9H2. The van der Waals surface area contributed by atoms with Crippen LogP contribution in [-0.4, -0.2) is 11.1 Å². The molecule has 0 amide bonds. The summed E-state index contributed by atoms with van der Waals surface area (Å²) in [7, 11) is 0. The Morgan fingerprint density at radius 1 is 1.17 bits per heavy atom. The van der Waals surface area contributed by atoms with Crippen LogP contribution < -0.4 is 0 Å². The van der Waals surface area contributed by atoms with Crippen LogP contribution in [0.4, 0.5) is 4.39 Å². The van der Waals surface area contributed by atoms with Gasteiger partial charge in [0.05, 0.1) is 5.56 Å². The van der Waals surface area contributed by atoms with Gasteiger partial charge in [-0.15, -0.1) is 0 Å². The molecule has 0 aliphatic rings. The third-order valence-electron chi connectivity index (χ3n) is 2.33.